The largest absolute Gasteiger partial charge is 0.377 e. The van der Waals surface area contributed by atoms with Gasteiger partial charge in [-0.25, -0.2) is 0 Å². The van der Waals surface area contributed by atoms with Gasteiger partial charge in [0.2, 0.25) is 0 Å². The van der Waals surface area contributed by atoms with Gasteiger partial charge < -0.3 is 10.0 Å². The molecule has 1 heterocycles. The molecule has 1 aliphatic rings. The average Bonchev–Trinajstić information content (AvgIpc) is 2.14. The number of carbonyl (C=O) groups excluding carboxylic acids is 1. The molecule has 15 heavy (non-hydrogen) atoms. The highest BCUT2D eigenvalue weighted by Crippen LogP contribution is 2.44. The third kappa shape index (κ3) is 1.42. The van der Waals surface area contributed by atoms with Crippen molar-refractivity contribution in [1.82, 2.24) is 4.90 Å². The molecular formula is C12H19NO2. The molecule has 1 amide bonds. The van der Waals surface area contributed by atoms with Crippen molar-refractivity contribution in [3.63, 3.8) is 0 Å². The lowest BCUT2D eigenvalue weighted by Crippen LogP contribution is -2.77. The predicted molar refractivity (Wildman–Crippen MR) is 60.3 cm³/mol. The van der Waals surface area contributed by atoms with Gasteiger partial charge in [-0.1, -0.05) is 32.9 Å². The first-order valence-electron chi connectivity index (χ1n) is 5.07. The Balaban J connectivity index is 3.00. The van der Waals surface area contributed by atoms with Crippen LogP contribution in [0.25, 0.3) is 0 Å². The number of amides is 1. The third-order valence-electron chi connectivity index (χ3n) is 3.04. The molecule has 0 radical (unpaired) electrons. The third-order valence-corrected chi connectivity index (χ3v) is 3.04. The van der Waals surface area contributed by atoms with Crippen molar-refractivity contribution in [2.75, 3.05) is 6.54 Å². The quantitative estimate of drug-likeness (QED) is 0.563. The molecule has 0 spiro atoms. The number of rotatable bonds is 3. The molecule has 1 N–H and O–H groups in total. The van der Waals surface area contributed by atoms with Crippen molar-refractivity contribution in [2.45, 2.75) is 32.4 Å². The van der Waals surface area contributed by atoms with Gasteiger partial charge >= 0.3 is 0 Å². The van der Waals surface area contributed by atoms with Gasteiger partial charge in [0.1, 0.15) is 0 Å². The molecule has 2 unspecified atom stereocenters. The lowest BCUT2D eigenvalue weighted by Gasteiger charge is -2.57. The fourth-order valence-corrected chi connectivity index (χ4v) is 2.03. The van der Waals surface area contributed by atoms with E-state index in [4.69, 9.17) is 0 Å². The SMILES string of the molecule is C=CCN1C(=O)C(O)(C(C)(C)C)C1C=C. The molecule has 2 atom stereocenters. The summed E-state index contributed by atoms with van der Waals surface area (Å²) in [5.74, 6) is -0.236. The fourth-order valence-electron chi connectivity index (χ4n) is 2.03. The maximum absolute atomic E-state index is 11.9. The van der Waals surface area contributed by atoms with E-state index in [1.807, 2.05) is 20.8 Å². The Morgan fingerprint density at radius 3 is 2.40 bits per heavy atom. The van der Waals surface area contributed by atoms with Crippen molar-refractivity contribution in [1.29, 1.82) is 0 Å². The summed E-state index contributed by atoms with van der Waals surface area (Å²) in [6.45, 7) is 13.3. The van der Waals surface area contributed by atoms with Crippen LogP contribution < -0.4 is 0 Å². The van der Waals surface area contributed by atoms with E-state index < -0.39 is 11.0 Å². The van der Waals surface area contributed by atoms with Crippen LogP contribution in [0.15, 0.2) is 25.3 Å². The molecule has 0 saturated carbocycles. The standard InChI is InChI=1S/C12H19NO2/c1-6-8-13-9(7-2)12(15,10(13)14)11(3,4)5/h6-7,9,15H,1-2,8H2,3-5H3. The van der Waals surface area contributed by atoms with Crippen molar-refractivity contribution < 1.29 is 9.90 Å². The Morgan fingerprint density at radius 2 is 2.07 bits per heavy atom. The Bertz CT molecular complexity index is 303. The topological polar surface area (TPSA) is 40.5 Å². The van der Waals surface area contributed by atoms with Crippen molar-refractivity contribution in [2.24, 2.45) is 5.41 Å². The summed E-state index contributed by atoms with van der Waals surface area (Å²) in [7, 11) is 0. The highest BCUT2D eigenvalue weighted by atomic mass is 16.3. The van der Waals surface area contributed by atoms with E-state index in [0.717, 1.165) is 0 Å². The first-order chi connectivity index (χ1) is 6.80. The summed E-state index contributed by atoms with van der Waals surface area (Å²) < 4.78 is 0. The van der Waals surface area contributed by atoms with Crippen LogP contribution in [0.2, 0.25) is 0 Å². The van der Waals surface area contributed by atoms with E-state index in [1.165, 1.54) is 0 Å². The van der Waals surface area contributed by atoms with Gasteiger partial charge in [0.25, 0.3) is 5.91 Å². The van der Waals surface area contributed by atoms with Crippen molar-refractivity contribution >= 4 is 5.91 Å². The minimum Gasteiger partial charge on any atom is -0.377 e. The van der Waals surface area contributed by atoms with Crippen LogP contribution in [0.1, 0.15) is 20.8 Å². The van der Waals surface area contributed by atoms with E-state index in [2.05, 4.69) is 13.2 Å². The normalized spacial score (nSPS) is 31.1. The summed E-state index contributed by atoms with van der Waals surface area (Å²) in [4.78, 5) is 13.4. The van der Waals surface area contributed by atoms with Crippen molar-refractivity contribution in [3.8, 4) is 0 Å². The molecule has 0 aromatic carbocycles. The number of likely N-dealkylation sites (tertiary alicyclic amines) is 1. The smallest absolute Gasteiger partial charge is 0.258 e. The molecule has 0 aromatic rings. The number of nitrogens with zero attached hydrogens (tertiary/aromatic N) is 1. The zero-order valence-corrected chi connectivity index (χ0v) is 9.66. The van der Waals surface area contributed by atoms with Crippen LogP contribution in [0.3, 0.4) is 0 Å². The molecular weight excluding hydrogens is 190 g/mol. The lowest BCUT2D eigenvalue weighted by molar-refractivity contribution is -0.205. The summed E-state index contributed by atoms with van der Waals surface area (Å²) in [5, 5.41) is 10.4. The van der Waals surface area contributed by atoms with Crippen LogP contribution in [-0.4, -0.2) is 34.1 Å². The highest BCUT2D eigenvalue weighted by Gasteiger charge is 2.63. The monoisotopic (exact) mass is 209 g/mol. The van der Waals surface area contributed by atoms with Gasteiger partial charge in [-0.3, -0.25) is 4.79 Å². The molecule has 1 aliphatic heterocycles. The lowest BCUT2D eigenvalue weighted by atomic mass is 9.65. The maximum atomic E-state index is 11.9. The number of aliphatic hydroxyl groups is 1. The Hall–Kier alpha value is -1.09. The summed E-state index contributed by atoms with van der Waals surface area (Å²) in [5.41, 5.74) is -1.81. The Labute approximate surface area is 91.1 Å². The van der Waals surface area contributed by atoms with Crippen LogP contribution in [0.4, 0.5) is 0 Å². The average molecular weight is 209 g/mol. The molecule has 1 fully saturated rings. The molecule has 3 nitrogen and oxygen atoms in total. The van der Waals surface area contributed by atoms with Crippen LogP contribution in [0.5, 0.6) is 0 Å². The number of hydrogen-bond acceptors (Lipinski definition) is 2. The van der Waals surface area contributed by atoms with Gasteiger partial charge in [0.05, 0.1) is 6.04 Å². The van der Waals surface area contributed by atoms with E-state index in [1.54, 1.807) is 17.1 Å². The fraction of sp³-hybridized carbons (Fsp3) is 0.583. The first kappa shape index (κ1) is 12.0. The van der Waals surface area contributed by atoms with Crippen LogP contribution >= 0.6 is 0 Å². The molecule has 0 aliphatic carbocycles. The van der Waals surface area contributed by atoms with E-state index in [-0.39, 0.29) is 11.9 Å². The second kappa shape index (κ2) is 3.49. The number of hydrogen-bond donors (Lipinski definition) is 1. The second-order valence-electron chi connectivity index (χ2n) is 4.94. The number of β-lactam (4-membered cyclic amide) rings is 1. The second-order valence-corrected chi connectivity index (χ2v) is 4.94. The van der Waals surface area contributed by atoms with E-state index >= 15 is 0 Å². The van der Waals surface area contributed by atoms with E-state index in [0.29, 0.717) is 6.54 Å². The number of carbonyl (C=O) groups is 1. The molecule has 0 aromatic heterocycles. The van der Waals surface area contributed by atoms with E-state index in [9.17, 15) is 9.90 Å². The zero-order valence-electron chi connectivity index (χ0n) is 9.66. The van der Waals surface area contributed by atoms with Crippen LogP contribution in [-0.2, 0) is 4.79 Å². The van der Waals surface area contributed by atoms with Gasteiger partial charge in [-0.15, -0.1) is 13.2 Å². The summed E-state index contributed by atoms with van der Waals surface area (Å²) in [6, 6.07) is -0.317. The Kier molecular flexibility index (Phi) is 2.79. The van der Waals surface area contributed by atoms with Gasteiger partial charge in [0, 0.05) is 12.0 Å². The van der Waals surface area contributed by atoms with Gasteiger partial charge in [-0.05, 0) is 0 Å². The molecule has 84 valence electrons. The minimum absolute atomic E-state index is 0.236. The summed E-state index contributed by atoms with van der Waals surface area (Å²) in [6.07, 6.45) is 3.27. The first-order valence-corrected chi connectivity index (χ1v) is 5.07. The molecule has 1 saturated heterocycles. The highest BCUT2D eigenvalue weighted by molar-refractivity contribution is 5.94. The van der Waals surface area contributed by atoms with Gasteiger partial charge in [0.15, 0.2) is 5.60 Å². The minimum atomic E-state index is -1.32. The zero-order chi connectivity index (χ0) is 11.9. The summed E-state index contributed by atoms with van der Waals surface area (Å²) >= 11 is 0. The van der Waals surface area contributed by atoms with Crippen molar-refractivity contribution in [3.05, 3.63) is 25.3 Å². The van der Waals surface area contributed by atoms with Crippen LogP contribution in [0, 0.1) is 5.41 Å². The molecule has 0 bridgehead atoms. The molecule has 1 rings (SSSR count). The van der Waals surface area contributed by atoms with Gasteiger partial charge in [-0.2, -0.15) is 0 Å². The molecule has 3 heteroatoms. The predicted octanol–water partition coefficient (Wildman–Crippen LogP) is 1.35. The maximum Gasteiger partial charge on any atom is 0.258 e. The Morgan fingerprint density at radius 1 is 1.53 bits per heavy atom.